The van der Waals surface area contributed by atoms with E-state index in [1.54, 1.807) is 0 Å². The summed E-state index contributed by atoms with van der Waals surface area (Å²) in [6.07, 6.45) is 5.71. The monoisotopic (exact) mass is 366 g/mol. The number of fused-ring (bicyclic) bond motifs is 2. The third-order valence-electron chi connectivity index (χ3n) is 7.18. The van der Waals surface area contributed by atoms with Crippen molar-refractivity contribution in [1.82, 2.24) is 0 Å². The van der Waals surface area contributed by atoms with Gasteiger partial charge in [0.25, 0.3) is 0 Å². The Bertz CT molecular complexity index is 824. The van der Waals surface area contributed by atoms with Crippen LogP contribution < -0.4 is 4.74 Å². The standard InChI is InChI=1S/C21H19BrO/c22-18-6-3-5-16-20(18)23-19-7-2-1-4-15(19)21(16)14-9-12-8-13(11-14)17(21)10-12/h1-7,12-14,17H,8-11H2. The number of hydrogen-bond donors (Lipinski definition) is 0. The minimum Gasteiger partial charge on any atom is -0.456 e. The van der Waals surface area contributed by atoms with Crippen LogP contribution >= 0.6 is 15.9 Å². The van der Waals surface area contributed by atoms with Gasteiger partial charge in [-0.1, -0.05) is 30.3 Å². The lowest BCUT2D eigenvalue weighted by atomic mass is 9.56. The zero-order chi connectivity index (χ0) is 15.2. The van der Waals surface area contributed by atoms with E-state index in [1.165, 1.54) is 36.8 Å². The molecule has 2 aromatic carbocycles. The maximum absolute atomic E-state index is 6.36. The number of ether oxygens (including phenoxy) is 1. The fourth-order valence-corrected chi connectivity index (χ4v) is 7.17. The van der Waals surface area contributed by atoms with E-state index in [9.17, 15) is 0 Å². The molecule has 0 aromatic heterocycles. The second-order valence-electron chi connectivity index (χ2n) is 7.96. The fourth-order valence-electron chi connectivity index (χ4n) is 6.72. The van der Waals surface area contributed by atoms with Crippen LogP contribution in [0.2, 0.25) is 0 Å². The first-order valence-corrected chi connectivity index (χ1v) is 9.64. The highest BCUT2D eigenvalue weighted by molar-refractivity contribution is 9.10. The van der Waals surface area contributed by atoms with E-state index in [2.05, 4.69) is 58.4 Å². The first kappa shape index (κ1) is 13.1. The Morgan fingerprint density at radius 1 is 0.913 bits per heavy atom. The first-order valence-electron chi connectivity index (χ1n) is 8.85. The lowest BCUT2D eigenvalue weighted by Gasteiger charge is -2.48. The number of hydrogen-bond acceptors (Lipinski definition) is 1. The zero-order valence-electron chi connectivity index (χ0n) is 13.0. The van der Waals surface area contributed by atoms with Crippen molar-refractivity contribution in [2.45, 2.75) is 31.1 Å². The molecule has 2 heteroatoms. The van der Waals surface area contributed by atoms with Crippen LogP contribution in [0.25, 0.3) is 0 Å². The van der Waals surface area contributed by atoms with Crippen LogP contribution in [-0.4, -0.2) is 0 Å². The van der Waals surface area contributed by atoms with Gasteiger partial charge < -0.3 is 4.74 Å². The third kappa shape index (κ3) is 1.41. The van der Waals surface area contributed by atoms with Gasteiger partial charge in [-0.05, 0) is 77.4 Å². The predicted octanol–water partition coefficient (Wildman–Crippen LogP) is 5.91. The summed E-state index contributed by atoms with van der Waals surface area (Å²) in [6, 6.07) is 15.5. The molecule has 4 bridgehead atoms. The highest BCUT2D eigenvalue weighted by Crippen LogP contribution is 2.72. The van der Waals surface area contributed by atoms with Crippen LogP contribution in [0.1, 0.15) is 36.8 Å². The summed E-state index contributed by atoms with van der Waals surface area (Å²) in [7, 11) is 0. The smallest absolute Gasteiger partial charge is 0.145 e. The number of rotatable bonds is 0. The summed E-state index contributed by atoms with van der Waals surface area (Å²) in [6.45, 7) is 0. The van der Waals surface area contributed by atoms with Crippen molar-refractivity contribution in [1.29, 1.82) is 0 Å². The Balaban J connectivity index is 1.71. The summed E-state index contributed by atoms with van der Waals surface area (Å²) < 4.78 is 7.46. The van der Waals surface area contributed by atoms with Gasteiger partial charge in [-0.25, -0.2) is 0 Å². The molecule has 2 aromatic rings. The molecule has 1 spiro atoms. The second kappa shape index (κ2) is 4.22. The lowest BCUT2D eigenvalue weighted by Crippen LogP contribution is -2.43. The fraction of sp³-hybridized carbons (Fsp3) is 0.429. The zero-order valence-corrected chi connectivity index (χ0v) is 14.6. The number of benzene rings is 2. The molecule has 0 radical (unpaired) electrons. The van der Waals surface area contributed by atoms with Crippen molar-refractivity contribution in [3.63, 3.8) is 0 Å². The molecule has 1 aliphatic heterocycles. The summed E-state index contributed by atoms with van der Waals surface area (Å²) >= 11 is 3.74. The minimum atomic E-state index is 0.200. The summed E-state index contributed by atoms with van der Waals surface area (Å²) in [5, 5.41) is 0. The second-order valence-corrected chi connectivity index (χ2v) is 8.81. The number of halogens is 1. The van der Waals surface area contributed by atoms with Crippen molar-refractivity contribution in [2.24, 2.45) is 23.7 Å². The molecule has 0 N–H and O–H groups in total. The molecule has 0 amide bonds. The van der Waals surface area contributed by atoms with Gasteiger partial charge in [0.05, 0.1) is 4.47 Å². The highest BCUT2D eigenvalue weighted by atomic mass is 79.9. The van der Waals surface area contributed by atoms with Crippen molar-refractivity contribution in [3.8, 4) is 11.5 Å². The Labute approximate surface area is 145 Å². The van der Waals surface area contributed by atoms with E-state index in [4.69, 9.17) is 4.74 Å². The quantitative estimate of drug-likeness (QED) is 0.563. The van der Waals surface area contributed by atoms with Crippen LogP contribution in [0.3, 0.4) is 0 Å². The Hall–Kier alpha value is -1.28. The Kier molecular flexibility index (Phi) is 2.39. The van der Waals surface area contributed by atoms with E-state index >= 15 is 0 Å². The van der Waals surface area contributed by atoms with E-state index < -0.39 is 0 Å². The Morgan fingerprint density at radius 2 is 1.78 bits per heavy atom. The van der Waals surface area contributed by atoms with Crippen LogP contribution in [0, 0.1) is 23.7 Å². The summed E-state index contributed by atoms with van der Waals surface area (Å²) in [5.41, 5.74) is 3.11. The molecule has 5 atom stereocenters. The number of para-hydroxylation sites is 2. The average molecular weight is 367 g/mol. The van der Waals surface area contributed by atoms with Crippen LogP contribution in [0.5, 0.6) is 11.5 Å². The molecule has 4 aliphatic carbocycles. The van der Waals surface area contributed by atoms with Gasteiger partial charge >= 0.3 is 0 Å². The van der Waals surface area contributed by atoms with Gasteiger partial charge in [-0.3, -0.25) is 0 Å². The molecular weight excluding hydrogens is 348 g/mol. The SMILES string of the molecule is Brc1cccc2c1Oc1ccccc1C21C2CC3CC(C2)C1C3. The average Bonchev–Trinajstić information content (AvgIpc) is 2.97. The molecule has 0 saturated heterocycles. The van der Waals surface area contributed by atoms with Gasteiger partial charge in [-0.15, -0.1) is 0 Å². The molecule has 5 aliphatic rings. The van der Waals surface area contributed by atoms with Crippen molar-refractivity contribution < 1.29 is 4.74 Å². The first-order chi connectivity index (χ1) is 11.3. The van der Waals surface area contributed by atoms with Crippen molar-refractivity contribution >= 4 is 15.9 Å². The van der Waals surface area contributed by atoms with E-state index in [0.717, 1.165) is 39.6 Å². The summed E-state index contributed by atoms with van der Waals surface area (Å²) in [4.78, 5) is 0. The van der Waals surface area contributed by atoms with Crippen molar-refractivity contribution in [3.05, 3.63) is 58.1 Å². The topological polar surface area (TPSA) is 9.23 Å². The Morgan fingerprint density at radius 3 is 2.70 bits per heavy atom. The maximum atomic E-state index is 6.36. The third-order valence-corrected chi connectivity index (χ3v) is 7.81. The molecule has 1 heterocycles. The van der Waals surface area contributed by atoms with Gasteiger partial charge in [-0.2, -0.15) is 0 Å². The minimum absolute atomic E-state index is 0.200. The van der Waals surface area contributed by atoms with E-state index in [1.807, 2.05) is 0 Å². The van der Waals surface area contributed by atoms with E-state index in [0.29, 0.717) is 0 Å². The van der Waals surface area contributed by atoms with Gasteiger partial charge in [0.1, 0.15) is 11.5 Å². The lowest BCUT2D eigenvalue weighted by molar-refractivity contribution is 0.173. The van der Waals surface area contributed by atoms with Gasteiger partial charge in [0, 0.05) is 16.5 Å². The highest BCUT2D eigenvalue weighted by Gasteiger charge is 2.65. The molecule has 1 nitrogen and oxygen atoms in total. The van der Waals surface area contributed by atoms with Crippen LogP contribution in [0.15, 0.2) is 46.9 Å². The maximum Gasteiger partial charge on any atom is 0.145 e. The summed E-state index contributed by atoms with van der Waals surface area (Å²) in [5.74, 6) is 5.68. The molecule has 116 valence electrons. The van der Waals surface area contributed by atoms with Gasteiger partial charge in [0.15, 0.2) is 0 Å². The molecule has 4 saturated carbocycles. The largest absolute Gasteiger partial charge is 0.456 e. The van der Waals surface area contributed by atoms with Crippen LogP contribution in [0.4, 0.5) is 0 Å². The normalized spacial score (nSPS) is 38.5. The molecule has 23 heavy (non-hydrogen) atoms. The molecular formula is C21H19BrO. The molecule has 4 fully saturated rings. The van der Waals surface area contributed by atoms with Crippen molar-refractivity contribution in [2.75, 3.05) is 0 Å². The molecule has 5 unspecified atom stereocenters. The predicted molar refractivity (Wildman–Crippen MR) is 93.9 cm³/mol. The van der Waals surface area contributed by atoms with E-state index in [-0.39, 0.29) is 5.41 Å². The molecule has 7 rings (SSSR count). The van der Waals surface area contributed by atoms with Crippen LogP contribution in [-0.2, 0) is 5.41 Å². The van der Waals surface area contributed by atoms with Gasteiger partial charge in [0.2, 0.25) is 0 Å².